The number of carbonyl (C=O) groups is 2. The van der Waals surface area contributed by atoms with Crippen molar-refractivity contribution < 1.29 is 19.1 Å². The molecule has 2 amide bonds. The Bertz CT molecular complexity index is 962. The average Bonchev–Trinajstić information content (AvgIpc) is 2.74. The van der Waals surface area contributed by atoms with Gasteiger partial charge in [-0.05, 0) is 55.1 Å². The van der Waals surface area contributed by atoms with Crippen LogP contribution in [0.4, 0.5) is 4.79 Å². The number of nitrogens with zero attached hydrogens (tertiary/aromatic N) is 1. The van der Waals surface area contributed by atoms with Gasteiger partial charge < -0.3 is 14.8 Å². The molecule has 0 saturated carbocycles. The number of hydrogen-bond acceptors (Lipinski definition) is 5. The van der Waals surface area contributed by atoms with Crippen LogP contribution < -0.4 is 10.1 Å². The molecule has 0 fully saturated rings. The fourth-order valence-electron chi connectivity index (χ4n) is 3.14. The first-order valence-corrected chi connectivity index (χ1v) is 11.0. The van der Waals surface area contributed by atoms with Crippen molar-refractivity contribution in [2.24, 2.45) is 0 Å². The number of hydrogen-bond donors (Lipinski definition) is 1. The summed E-state index contributed by atoms with van der Waals surface area (Å²) in [6, 6.07) is 13.6. The number of nitrogens with one attached hydrogen (secondary N) is 1. The van der Waals surface area contributed by atoms with E-state index in [9.17, 15) is 9.59 Å². The van der Waals surface area contributed by atoms with Gasteiger partial charge in [0.25, 0.3) is 0 Å². The van der Waals surface area contributed by atoms with Gasteiger partial charge in [0.2, 0.25) is 0 Å². The van der Waals surface area contributed by atoms with Crippen LogP contribution in [0.2, 0.25) is 5.02 Å². The number of esters is 1. The van der Waals surface area contributed by atoms with Crippen LogP contribution in [-0.4, -0.2) is 43.4 Å². The summed E-state index contributed by atoms with van der Waals surface area (Å²) in [4.78, 5) is 28.0. The summed E-state index contributed by atoms with van der Waals surface area (Å²) < 4.78 is 11.2. The molecule has 158 valence electrons. The van der Waals surface area contributed by atoms with E-state index in [0.717, 1.165) is 4.90 Å². The van der Waals surface area contributed by atoms with Crippen LogP contribution in [0.15, 0.2) is 64.7 Å². The molecule has 1 atom stereocenters. The molecule has 30 heavy (non-hydrogen) atoms. The molecule has 0 unspecified atom stereocenters. The van der Waals surface area contributed by atoms with Gasteiger partial charge in [0.1, 0.15) is 12.4 Å². The highest BCUT2D eigenvalue weighted by Crippen LogP contribution is 2.32. The maximum Gasteiger partial charge on any atom is 0.338 e. The molecule has 0 aromatic heterocycles. The summed E-state index contributed by atoms with van der Waals surface area (Å²) >= 11 is 7.77. The fraction of sp³-hybridized carbons (Fsp3) is 0.273. The molecule has 2 aromatic rings. The summed E-state index contributed by atoms with van der Waals surface area (Å²) in [6.45, 7) is 1.99. The number of likely N-dealkylation sites (N-methyl/N-ethyl adjacent to an activating group) is 1. The molecule has 6 nitrogen and oxygen atoms in total. The lowest BCUT2D eigenvalue weighted by Gasteiger charge is -2.34. The van der Waals surface area contributed by atoms with Crippen molar-refractivity contribution in [3.05, 3.63) is 70.4 Å². The summed E-state index contributed by atoms with van der Waals surface area (Å²) in [5.41, 5.74) is 1.45. The average molecular weight is 447 g/mol. The van der Waals surface area contributed by atoms with E-state index in [1.807, 2.05) is 30.5 Å². The monoisotopic (exact) mass is 446 g/mol. The summed E-state index contributed by atoms with van der Waals surface area (Å²) in [6.07, 6.45) is 2.00. The Hall–Kier alpha value is -2.64. The normalized spacial score (nSPS) is 16.3. The van der Waals surface area contributed by atoms with Crippen LogP contribution >= 0.6 is 23.4 Å². The Morgan fingerprint density at radius 3 is 2.60 bits per heavy atom. The van der Waals surface area contributed by atoms with Crippen LogP contribution in [0.25, 0.3) is 0 Å². The first-order valence-electron chi connectivity index (χ1n) is 9.41. The maximum atomic E-state index is 12.9. The number of thioether (sulfide) groups is 1. The van der Waals surface area contributed by atoms with Crippen molar-refractivity contribution in [3.8, 4) is 5.75 Å². The fourth-order valence-corrected chi connectivity index (χ4v) is 3.75. The molecular weight excluding hydrogens is 424 g/mol. The molecule has 8 heteroatoms. The van der Waals surface area contributed by atoms with Gasteiger partial charge in [0.15, 0.2) is 0 Å². The molecule has 1 N–H and O–H groups in total. The van der Waals surface area contributed by atoms with E-state index in [1.54, 1.807) is 50.0 Å². The van der Waals surface area contributed by atoms with E-state index in [2.05, 4.69) is 5.32 Å². The Kier molecular flexibility index (Phi) is 7.29. The highest BCUT2D eigenvalue weighted by Gasteiger charge is 2.37. The highest BCUT2D eigenvalue weighted by atomic mass is 35.5. The Morgan fingerprint density at radius 2 is 1.97 bits per heavy atom. The van der Waals surface area contributed by atoms with E-state index in [-0.39, 0.29) is 19.2 Å². The van der Waals surface area contributed by atoms with Crippen LogP contribution in [0.5, 0.6) is 5.75 Å². The van der Waals surface area contributed by atoms with Crippen molar-refractivity contribution in [1.29, 1.82) is 0 Å². The van der Waals surface area contributed by atoms with Gasteiger partial charge in [-0.2, -0.15) is 0 Å². The second kappa shape index (κ2) is 9.91. The molecule has 1 heterocycles. The summed E-state index contributed by atoms with van der Waals surface area (Å²) in [5, 5.41) is 3.36. The standard InChI is InChI=1S/C22H23ClN2O4S/c1-4-28-21(26)19-18(13-29-16-8-10-17(30-3)11-9-16)25(2)22(27)24-20(19)14-6-5-7-15(23)12-14/h5-12,20H,4,13H2,1-3H3,(H,24,27)/t20-/m0/s1. The van der Waals surface area contributed by atoms with Gasteiger partial charge in [-0.1, -0.05) is 23.7 Å². The number of halogens is 1. The number of rotatable bonds is 7. The van der Waals surface area contributed by atoms with Gasteiger partial charge >= 0.3 is 12.0 Å². The number of ether oxygens (including phenoxy) is 2. The molecule has 0 bridgehead atoms. The Balaban J connectivity index is 1.99. The predicted molar refractivity (Wildman–Crippen MR) is 118 cm³/mol. The molecule has 0 spiro atoms. The topological polar surface area (TPSA) is 67.9 Å². The zero-order valence-corrected chi connectivity index (χ0v) is 18.5. The minimum Gasteiger partial charge on any atom is -0.487 e. The zero-order chi connectivity index (χ0) is 21.7. The van der Waals surface area contributed by atoms with Crippen LogP contribution in [0, 0.1) is 0 Å². The third kappa shape index (κ3) is 4.91. The second-order valence-electron chi connectivity index (χ2n) is 6.54. The van der Waals surface area contributed by atoms with Crippen molar-refractivity contribution in [1.82, 2.24) is 10.2 Å². The highest BCUT2D eigenvalue weighted by molar-refractivity contribution is 7.98. The van der Waals surface area contributed by atoms with Gasteiger partial charge in [-0.25, -0.2) is 9.59 Å². The number of benzene rings is 2. The van der Waals surface area contributed by atoms with Crippen LogP contribution in [-0.2, 0) is 9.53 Å². The SMILES string of the molecule is CCOC(=O)C1=C(COc2ccc(SC)cc2)N(C)C(=O)N[C@H]1c1cccc(Cl)c1. The predicted octanol–water partition coefficient (Wildman–Crippen LogP) is 4.65. The van der Waals surface area contributed by atoms with E-state index in [1.165, 1.54) is 4.90 Å². The van der Waals surface area contributed by atoms with Gasteiger partial charge in [0, 0.05) is 17.0 Å². The number of carbonyl (C=O) groups excluding carboxylic acids is 2. The minimum absolute atomic E-state index is 0.0355. The quantitative estimate of drug-likeness (QED) is 0.495. The number of urea groups is 1. The maximum absolute atomic E-state index is 12.9. The third-order valence-electron chi connectivity index (χ3n) is 4.69. The van der Waals surface area contributed by atoms with Crippen molar-refractivity contribution >= 4 is 35.4 Å². The smallest absolute Gasteiger partial charge is 0.338 e. The minimum atomic E-state index is -0.691. The van der Waals surface area contributed by atoms with E-state index in [4.69, 9.17) is 21.1 Å². The number of amides is 2. The van der Waals surface area contributed by atoms with Gasteiger partial charge in [-0.15, -0.1) is 11.8 Å². The second-order valence-corrected chi connectivity index (χ2v) is 7.86. The third-order valence-corrected chi connectivity index (χ3v) is 5.67. The van der Waals surface area contributed by atoms with E-state index in [0.29, 0.717) is 27.6 Å². The van der Waals surface area contributed by atoms with E-state index < -0.39 is 12.0 Å². The first-order chi connectivity index (χ1) is 14.4. The Morgan fingerprint density at radius 1 is 1.23 bits per heavy atom. The van der Waals surface area contributed by atoms with Gasteiger partial charge in [-0.3, -0.25) is 4.90 Å². The largest absolute Gasteiger partial charge is 0.487 e. The van der Waals surface area contributed by atoms with Crippen LogP contribution in [0.3, 0.4) is 0 Å². The van der Waals surface area contributed by atoms with Gasteiger partial charge in [0.05, 0.1) is 23.9 Å². The lowest BCUT2D eigenvalue weighted by atomic mass is 9.95. The van der Waals surface area contributed by atoms with Crippen molar-refractivity contribution in [3.63, 3.8) is 0 Å². The molecule has 0 aliphatic carbocycles. The molecule has 0 saturated heterocycles. The van der Waals surface area contributed by atoms with Crippen molar-refractivity contribution in [2.75, 3.05) is 26.5 Å². The van der Waals surface area contributed by atoms with E-state index >= 15 is 0 Å². The van der Waals surface area contributed by atoms with Crippen LogP contribution in [0.1, 0.15) is 18.5 Å². The molecule has 3 rings (SSSR count). The Labute approximate surface area is 185 Å². The lowest BCUT2D eigenvalue weighted by molar-refractivity contribution is -0.139. The zero-order valence-electron chi connectivity index (χ0n) is 17.0. The molecule has 0 radical (unpaired) electrons. The lowest BCUT2D eigenvalue weighted by Crippen LogP contribution is -2.48. The first kappa shape index (κ1) is 22.1. The molecule has 1 aliphatic heterocycles. The van der Waals surface area contributed by atoms with Crippen molar-refractivity contribution in [2.45, 2.75) is 17.9 Å². The molecule has 1 aliphatic rings. The summed E-state index contributed by atoms with van der Waals surface area (Å²) in [7, 11) is 1.60. The molecule has 2 aromatic carbocycles. The molecular formula is C22H23ClN2O4S. The summed E-state index contributed by atoms with van der Waals surface area (Å²) in [5.74, 6) is 0.132.